The molecule has 3 unspecified atom stereocenters. The number of ether oxygens (including phenoxy) is 8. The molecule has 448 valence electrons. The van der Waals surface area contributed by atoms with E-state index in [0.717, 1.165) is 12.8 Å². The molecule has 0 amide bonds. The zero-order valence-corrected chi connectivity index (χ0v) is 45.7. The van der Waals surface area contributed by atoms with E-state index in [9.17, 15) is 81.4 Å². The lowest BCUT2D eigenvalue weighted by Crippen LogP contribution is -2.70. The van der Waals surface area contributed by atoms with Gasteiger partial charge in [0.2, 0.25) is 0 Å². The van der Waals surface area contributed by atoms with E-state index >= 15 is 0 Å². The van der Waals surface area contributed by atoms with Gasteiger partial charge >= 0.3 is 5.97 Å². The average molecular weight is 1120 g/mol. The van der Waals surface area contributed by atoms with Gasteiger partial charge in [-0.25, -0.2) is 4.79 Å². The van der Waals surface area contributed by atoms with Crippen LogP contribution in [0.5, 0.6) is 0 Å². The predicted octanol–water partition coefficient (Wildman–Crippen LogP) is -3.07. The van der Waals surface area contributed by atoms with Crippen molar-refractivity contribution in [1.29, 1.82) is 0 Å². The number of carbonyl (C=O) groups is 1. The Balaban J connectivity index is 1.03. The van der Waals surface area contributed by atoms with Crippen LogP contribution in [-0.4, -0.2) is 244 Å². The van der Waals surface area contributed by atoms with Crippen LogP contribution in [-0.2, 0) is 42.7 Å². The summed E-state index contributed by atoms with van der Waals surface area (Å²) in [6.07, 6.45) is -34.3. The van der Waals surface area contributed by atoms with Crippen LogP contribution in [0.1, 0.15) is 107 Å². The molecule has 0 spiro atoms. The van der Waals surface area contributed by atoms with Crippen molar-refractivity contribution < 1.29 is 119 Å². The first kappa shape index (κ1) is 60.9. The molecule has 0 radical (unpaired) electrons. The average Bonchev–Trinajstić information content (AvgIpc) is 3.21. The van der Waals surface area contributed by atoms with Gasteiger partial charge in [0.1, 0.15) is 91.6 Å². The van der Waals surface area contributed by atoms with Gasteiger partial charge in [0.25, 0.3) is 0 Å². The van der Waals surface area contributed by atoms with Crippen molar-refractivity contribution in [3.8, 4) is 0 Å². The van der Waals surface area contributed by atoms with Crippen molar-refractivity contribution in [1.82, 2.24) is 0 Å². The summed E-state index contributed by atoms with van der Waals surface area (Å²) in [7, 11) is 0. The number of rotatable bonds is 11. The van der Waals surface area contributed by atoms with Crippen molar-refractivity contribution in [2.75, 3.05) is 19.8 Å². The minimum Gasteiger partial charge on any atom is -0.460 e. The molecule has 9 aliphatic rings. The summed E-state index contributed by atoms with van der Waals surface area (Å²) in [6, 6.07) is 0. The summed E-state index contributed by atoms with van der Waals surface area (Å²) in [5.41, 5.74) is -1.99. The third-order valence-electron chi connectivity index (χ3n) is 21.4. The zero-order valence-electron chi connectivity index (χ0n) is 45.7. The molecule has 4 heterocycles. The van der Waals surface area contributed by atoms with E-state index < -0.39 is 193 Å². The van der Waals surface area contributed by atoms with Crippen LogP contribution in [0.2, 0.25) is 0 Å². The van der Waals surface area contributed by atoms with Crippen LogP contribution in [0.25, 0.3) is 0 Å². The van der Waals surface area contributed by atoms with Crippen molar-refractivity contribution in [3.63, 3.8) is 0 Å². The van der Waals surface area contributed by atoms with Crippen LogP contribution in [0.3, 0.4) is 0 Å². The molecule has 4 saturated heterocycles. The van der Waals surface area contributed by atoms with E-state index in [1.807, 2.05) is 13.8 Å². The Morgan fingerprint density at radius 2 is 1.15 bits per heavy atom. The SMILES string of the molecule is C[C@@H]1O[C@@H](O[C@H]2[C@H](O)[C@@H](C(=O)OC3CC[C@@]4(C)C([C@@H](O)C[C@]5(C)C4CC=C4[C@H]6CC(C)(C)CC[C@]6(CO)[C@@H](O)C[C@]45C)C3(C)C)O[C@H](O[C@H]3O[C@H](CO)[C@H](O)[C@H](O)[C@H]3O)[C@@H]2O[C@H]2O[C@H](CO)[C@@H](O)[C@H](O)[C@H]2O)[C@H](O)[C@H](O)[C@H]1O. The van der Waals surface area contributed by atoms with Gasteiger partial charge in [-0.15, -0.1) is 0 Å². The van der Waals surface area contributed by atoms with Gasteiger partial charge in [-0.05, 0) is 97.7 Å². The highest BCUT2D eigenvalue weighted by molar-refractivity contribution is 5.76. The van der Waals surface area contributed by atoms with Crippen molar-refractivity contribution >= 4 is 5.97 Å². The third-order valence-corrected chi connectivity index (χ3v) is 21.4. The van der Waals surface area contributed by atoms with Crippen LogP contribution in [0.4, 0.5) is 0 Å². The molecule has 24 heteroatoms. The zero-order chi connectivity index (χ0) is 57.3. The molecule has 15 N–H and O–H groups in total. The highest BCUT2D eigenvalue weighted by Crippen LogP contribution is 2.76. The van der Waals surface area contributed by atoms with Crippen LogP contribution in [0, 0.1) is 50.2 Å². The second-order valence-electron chi connectivity index (χ2n) is 26.6. The number of esters is 1. The molecule has 5 aliphatic carbocycles. The first-order valence-corrected chi connectivity index (χ1v) is 27.9. The summed E-state index contributed by atoms with van der Waals surface area (Å²) in [6.45, 7) is 14.3. The fourth-order valence-electron chi connectivity index (χ4n) is 16.7. The highest BCUT2D eigenvalue weighted by atomic mass is 16.8. The molecule has 4 aliphatic heterocycles. The minimum atomic E-state index is -2.25. The predicted molar refractivity (Wildman–Crippen MR) is 264 cm³/mol. The van der Waals surface area contributed by atoms with Crippen molar-refractivity contribution in [2.24, 2.45) is 50.2 Å². The number of aliphatic hydroxyl groups excluding tert-OH is 15. The smallest absolute Gasteiger partial charge is 0.338 e. The maximum absolute atomic E-state index is 15.0. The normalized spacial score (nSPS) is 54.8. The lowest BCUT2D eigenvalue weighted by atomic mass is 9.33. The first-order valence-electron chi connectivity index (χ1n) is 27.9. The molecule has 4 saturated carbocycles. The largest absolute Gasteiger partial charge is 0.460 e. The van der Waals surface area contributed by atoms with Gasteiger partial charge in [-0.2, -0.15) is 0 Å². The minimum absolute atomic E-state index is 0.00360. The Kier molecular flexibility index (Phi) is 17.0. The maximum atomic E-state index is 15.0. The van der Waals surface area contributed by atoms with E-state index in [0.29, 0.717) is 32.1 Å². The lowest BCUT2D eigenvalue weighted by Gasteiger charge is -2.72. The summed E-state index contributed by atoms with van der Waals surface area (Å²) in [5.74, 6) is -1.75. The Morgan fingerprint density at radius 1 is 0.603 bits per heavy atom. The molecular formula is C54H88O24. The Labute approximate surface area is 453 Å². The standard InChI is InChI=1S/C54H88O24/c1-21-30(60)33(63)36(66)45(71-21)75-40-39(69)41(76-48(78-47-38(68)35(65)32(62)26(19-56)73-47)42(40)77-46-37(67)34(64)31(61)25(18-55)72-46)44(70)74-29-11-12-51(6)27-10-9-22-23-15-49(2,3)13-14-54(23,20-57)28(59)17-52(22,7)53(27,8)16-24(58)43(51)50(29,4)5/h9,21,23-43,45-48,55-69H,10-20H2,1-8H3/t21-,23+,24-,25+,26+,27?,28-,29?,30-,31+,32-,33+,34-,35-,36+,37+,38+,39-,40-,41-,42+,43?,45-,46+,47+,48+,51+,52+,53+,54+/m0/s1. The molecule has 0 aromatic heterocycles. The fraction of sp³-hybridized carbons (Fsp3) is 0.944. The second-order valence-corrected chi connectivity index (χ2v) is 26.6. The summed E-state index contributed by atoms with van der Waals surface area (Å²) in [4.78, 5) is 15.0. The van der Waals surface area contributed by atoms with E-state index in [1.165, 1.54) is 12.5 Å². The van der Waals surface area contributed by atoms with Crippen molar-refractivity contribution in [2.45, 2.75) is 248 Å². The number of hydrogen-bond acceptors (Lipinski definition) is 24. The van der Waals surface area contributed by atoms with Crippen LogP contribution in [0.15, 0.2) is 11.6 Å². The molecule has 9 rings (SSSR count). The van der Waals surface area contributed by atoms with E-state index in [2.05, 4.69) is 40.7 Å². The number of hydrogen-bond donors (Lipinski definition) is 15. The van der Waals surface area contributed by atoms with Crippen LogP contribution >= 0.6 is 0 Å². The molecule has 0 aromatic rings. The molecule has 78 heavy (non-hydrogen) atoms. The van der Waals surface area contributed by atoms with E-state index in [-0.39, 0.29) is 30.3 Å². The van der Waals surface area contributed by atoms with Gasteiger partial charge in [-0.3, -0.25) is 0 Å². The first-order chi connectivity index (χ1) is 36.4. The monoisotopic (exact) mass is 1120 g/mol. The van der Waals surface area contributed by atoms with E-state index in [1.54, 1.807) is 0 Å². The Morgan fingerprint density at radius 3 is 1.73 bits per heavy atom. The topological polar surface area (TPSA) is 394 Å². The molecule has 30 atom stereocenters. The Hall–Kier alpha value is -1.67. The summed E-state index contributed by atoms with van der Waals surface area (Å²) in [5, 5.41) is 166. The Bertz CT molecular complexity index is 2160. The number of carbonyl (C=O) groups excluding carboxylic acids is 1. The van der Waals surface area contributed by atoms with Gasteiger partial charge in [0, 0.05) is 10.8 Å². The quantitative estimate of drug-likeness (QED) is 0.0721. The van der Waals surface area contributed by atoms with Gasteiger partial charge in [0.15, 0.2) is 31.3 Å². The number of allylic oxidation sites excluding steroid dienone is 2. The fourth-order valence-corrected chi connectivity index (χ4v) is 16.7. The van der Waals surface area contributed by atoms with Crippen LogP contribution < -0.4 is 0 Å². The molecular weight excluding hydrogens is 1030 g/mol. The van der Waals surface area contributed by atoms with Crippen molar-refractivity contribution in [3.05, 3.63) is 11.6 Å². The molecule has 8 fully saturated rings. The van der Waals surface area contributed by atoms with Gasteiger partial charge in [-0.1, -0.05) is 60.1 Å². The summed E-state index contributed by atoms with van der Waals surface area (Å²) < 4.78 is 47.8. The summed E-state index contributed by atoms with van der Waals surface area (Å²) >= 11 is 0. The highest BCUT2D eigenvalue weighted by Gasteiger charge is 2.72. The second kappa shape index (κ2) is 21.8. The molecule has 0 aromatic carbocycles. The maximum Gasteiger partial charge on any atom is 0.338 e. The molecule has 24 nitrogen and oxygen atoms in total. The van der Waals surface area contributed by atoms with Gasteiger partial charge in [0.05, 0.1) is 38.1 Å². The third kappa shape index (κ3) is 9.67. The number of fused-ring (bicyclic) bond motifs is 7. The number of aliphatic hydroxyl groups is 15. The van der Waals surface area contributed by atoms with E-state index in [4.69, 9.17) is 37.9 Å². The van der Waals surface area contributed by atoms with Gasteiger partial charge < -0.3 is 114 Å². The lowest BCUT2D eigenvalue weighted by molar-refractivity contribution is -0.412. The molecule has 0 bridgehead atoms.